The lowest BCUT2D eigenvalue weighted by Gasteiger charge is -2.18. The summed E-state index contributed by atoms with van der Waals surface area (Å²) >= 11 is 0.999. The number of allylic oxidation sites excluding steroid dienone is 1. The van der Waals surface area contributed by atoms with E-state index in [0.29, 0.717) is 17.1 Å². The molecule has 1 fully saturated rings. The molecule has 2 amide bonds. The molecule has 1 atom stereocenters. The molecule has 0 radical (unpaired) electrons. The van der Waals surface area contributed by atoms with Crippen LogP contribution in [0.15, 0.2) is 65.2 Å². The van der Waals surface area contributed by atoms with Gasteiger partial charge in [-0.3, -0.25) is 9.59 Å². The SMILES string of the molecule is COc1ccccc1N1C(=O)CC(SC(Nc2ccccc2)=C(C#N)C#N)C1=O. The maximum absolute atomic E-state index is 13.0. The molecule has 1 aliphatic rings. The van der Waals surface area contributed by atoms with Gasteiger partial charge in [-0.25, -0.2) is 4.90 Å². The minimum Gasteiger partial charge on any atom is -0.495 e. The molecule has 1 heterocycles. The van der Waals surface area contributed by atoms with Gasteiger partial charge in [0.05, 0.1) is 18.0 Å². The number of rotatable bonds is 6. The number of nitrogens with one attached hydrogen (secondary N) is 1. The van der Waals surface area contributed by atoms with Gasteiger partial charge in [0, 0.05) is 12.1 Å². The fourth-order valence-electron chi connectivity index (χ4n) is 2.84. The molecule has 0 saturated carbocycles. The number of carbonyl (C=O) groups is 2. The van der Waals surface area contributed by atoms with Gasteiger partial charge in [-0.15, -0.1) is 0 Å². The second kappa shape index (κ2) is 8.96. The normalized spacial score (nSPS) is 15.4. The van der Waals surface area contributed by atoms with Gasteiger partial charge < -0.3 is 10.1 Å². The highest BCUT2D eigenvalue weighted by atomic mass is 32.2. The quantitative estimate of drug-likeness (QED) is 0.581. The lowest BCUT2D eigenvalue weighted by molar-refractivity contribution is -0.121. The highest BCUT2D eigenvalue weighted by molar-refractivity contribution is 8.04. The minimum atomic E-state index is -0.768. The standard InChI is InChI=1S/C21H16N4O3S/c1-28-17-10-6-5-9-16(17)25-19(26)11-18(21(25)27)29-20(14(12-22)13-23)24-15-7-3-2-4-8-15/h2-10,18,24H,11H2,1H3. The van der Waals surface area contributed by atoms with Crippen molar-refractivity contribution in [2.24, 2.45) is 0 Å². The molecule has 3 rings (SSSR count). The number of thioether (sulfide) groups is 1. The molecule has 2 aromatic carbocycles. The summed E-state index contributed by atoms with van der Waals surface area (Å²) in [4.78, 5) is 26.7. The molecular weight excluding hydrogens is 388 g/mol. The van der Waals surface area contributed by atoms with Crippen LogP contribution < -0.4 is 15.0 Å². The van der Waals surface area contributed by atoms with E-state index < -0.39 is 11.2 Å². The summed E-state index contributed by atoms with van der Waals surface area (Å²) in [6.07, 6.45) is -0.0499. The summed E-state index contributed by atoms with van der Waals surface area (Å²) < 4.78 is 5.26. The van der Waals surface area contributed by atoms with Gasteiger partial charge in [0.25, 0.3) is 0 Å². The van der Waals surface area contributed by atoms with Crippen molar-refractivity contribution in [2.45, 2.75) is 11.7 Å². The average molecular weight is 404 g/mol. The maximum Gasteiger partial charge on any atom is 0.247 e. The largest absolute Gasteiger partial charge is 0.495 e. The molecule has 1 saturated heterocycles. The number of ether oxygens (including phenoxy) is 1. The van der Waals surface area contributed by atoms with Gasteiger partial charge in [0.1, 0.15) is 22.9 Å². The summed E-state index contributed by atoms with van der Waals surface area (Å²) in [6, 6.07) is 19.4. The van der Waals surface area contributed by atoms with Gasteiger partial charge in [-0.1, -0.05) is 42.1 Å². The minimum absolute atomic E-state index is 0.0499. The number of benzene rings is 2. The van der Waals surface area contributed by atoms with E-state index in [2.05, 4.69) is 5.32 Å². The number of anilines is 2. The maximum atomic E-state index is 13.0. The van der Waals surface area contributed by atoms with Gasteiger partial charge in [-0.2, -0.15) is 10.5 Å². The molecular formula is C21H16N4O3S. The van der Waals surface area contributed by atoms with Crippen LogP contribution in [0.25, 0.3) is 0 Å². The second-order valence-corrected chi connectivity index (χ2v) is 7.18. The molecule has 0 aromatic heterocycles. The van der Waals surface area contributed by atoms with Gasteiger partial charge in [0.15, 0.2) is 5.57 Å². The van der Waals surface area contributed by atoms with E-state index in [0.717, 1.165) is 16.7 Å². The zero-order chi connectivity index (χ0) is 20.8. The molecule has 144 valence electrons. The van der Waals surface area contributed by atoms with E-state index in [1.807, 2.05) is 18.2 Å². The third-order valence-corrected chi connectivity index (χ3v) is 5.37. The number of methoxy groups -OCH3 is 1. The first-order valence-electron chi connectivity index (χ1n) is 8.62. The number of hydrogen-bond acceptors (Lipinski definition) is 7. The molecule has 1 N–H and O–H groups in total. The first kappa shape index (κ1) is 20.0. The second-order valence-electron chi connectivity index (χ2n) is 5.97. The molecule has 29 heavy (non-hydrogen) atoms. The highest BCUT2D eigenvalue weighted by Crippen LogP contribution is 2.38. The topological polar surface area (TPSA) is 106 Å². The lowest BCUT2D eigenvalue weighted by Crippen LogP contribution is -2.31. The van der Waals surface area contributed by atoms with Gasteiger partial charge in [0.2, 0.25) is 11.8 Å². The van der Waals surface area contributed by atoms with E-state index in [4.69, 9.17) is 4.74 Å². The molecule has 0 spiro atoms. The van der Waals surface area contributed by atoms with Crippen LogP contribution in [0.3, 0.4) is 0 Å². The molecule has 0 bridgehead atoms. The fraction of sp³-hybridized carbons (Fsp3) is 0.143. The Balaban J connectivity index is 1.89. The third-order valence-electron chi connectivity index (χ3n) is 4.17. The molecule has 7 nitrogen and oxygen atoms in total. The van der Waals surface area contributed by atoms with Crippen molar-refractivity contribution in [2.75, 3.05) is 17.3 Å². The van der Waals surface area contributed by atoms with E-state index in [9.17, 15) is 20.1 Å². The van der Waals surface area contributed by atoms with Crippen molar-refractivity contribution in [1.82, 2.24) is 0 Å². The van der Waals surface area contributed by atoms with Crippen LogP contribution in [0.5, 0.6) is 5.75 Å². The van der Waals surface area contributed by atoms with Gasteiger partial charge >= 0.3 is 0 Å². The molecule has 8 heteroatoms. The summed E-state index contributed by atoms with van der Waals surface area (Å²) in [5, 5.41) is 21.1. The van der Waals surface area contributed by atoms with E-state index in [1.54, 1.807) is 48.5 Å². The van der Waals surface area contributed by atoms with Crippen LogP contribution in [0.1, 0.15) is 6.42 Å². The van der Waals surface area contributed by atoms with Crippen molar-refractivity contribution >= 4 is 35.0 Å². The smallest absolute Gasteiger partial charge is 0.247 e. The number of nitrogens with zero attached hydrogens (tertiary/aromatic N) is 3. The lowest BCUT2D eigenvalue weighted by atomic mass is 10.2. The number of carbonyl (C=O) groups excluding carboxylic acids is 2. The Morgan fingerprint density at radius 3 is 2.41 bits per heavy atom. The Hall–Kier alpha value is -3.75. The monoisotopic (exact) mass is 404 g/mol. The van der Waals surface area contributed by atoms with E-state index in [1.165, 1.54) is 7.11 Å². The summed E-state index contributed by atoms with van der Waals surface area (Å²) in [5.74, 6) is -0.383. The van der Waals surface area contributed by atoms with Crippen molar-refractivity contribution < 1.29 is 14.3 Å². The molecule has 1 aliphatic heterocycles. The Morgan fingerprint density at radius 2 is 1.76 bits per heavy atom. The van der Waals surface area contributed by atoms with Crippen LogP contribution in [0, 0.1) is 22.7 Å². The Labute approximate surface area is 172 Å². The van der Waals surface area contributed by atoms with Crippen molar-refractivity contribution in [3.63, 3.8) is 0 Å². The Bertz CT molecular complexity index is 1040. The Morgan fingerprint density at radius 1 is 1.10 bits per heavy atom. The van der Waals surface area contributed by atoms with Crippen LogP contribution in [-0.2, 0) is 9.59 Å². The first-order valence-corrected chi connectivity index (χ1v) is 9.50. The van der Waals surface area contributed by atoms with Gasteiger partial charge in [-0.05, 0) is 24.3 Å². The van der Waals surface area contributed by atoms with Crippen molar-refractivity contribution in [3.05, 3.63) is 65.2 Å². The summed E-state index contributed by atoms with van der Waals surface area (Å²) in [6.45, 7) is 0. The van der Waals surface area contributed by atoms with Crippen LogP contribution in [-0.4, -0.2) is 24.2 Å². The third kappa shape index (κ3) is 4.23. The first-order chi connectivity index (χ1) is 14.1. The van der Waals surface area contributed by atoms with Crippen LogP contribution in [0.4, 0.5) is 11.4 Å². The number of para-hydroxylation sites is 3. The Kier molecular flexibility index (Phi) is 6.18. The van der Waals surface area contributed by atoms with E-state index in [-0.39, 0.29) is 22.9 Å². The predicted molar refractivity (Wildman–Crippen MR) is 110 cm³/mol. The highest BCUT2D eigenvalue weighted by Gasteiger charge is 2.42. The van der Waals surface area contributed by atoms with Crippen molar-refractivity contribution in [1.29, 1.82) is 10.5 Å². The zero-order valence-corrected chi connectivity index (χ0v) is 16.3. The zero-order valence-electron chi connectivity index (χ0n) is 15.5. The number of imide groups is 1. The number of amides is 2. The predicted octanol–water partition coefficient (Wildman–Crippen LogP) is 3.43. The number of hydrogen-bond donors (Lipinski definition) is 1. The van der Waals surface area contributed by atoms with Crippen LogP contribution >= 0.6 is 11.8 Å². The fourth-order valence-corrected chi connectivity index (χ4v) is 3.94. The molecule has 1 unspecified atom stereocenters. The average Bonchev–Trinajstić information content (AvgIpc) is 3.02. The molecule has 0 aliphatic carbocycles. The molecule has 2 aromatic rings. The summed E-state index contributed by atoms with van der Waals surface area (Å²) in [5.41, 5.74) is 0.877. The summed E-state index contributed by atoms with van der Waals surface area (Å²) in [7, 11) is 1.47. The number of nitriles is 2. The van der Waals surface area contributed by atoms with Crippen LogP contribution in [0.2, 0.25) is 0 Å². The van der Waals surface area contributed by atoms with Crippen molar-refractivity contribution in [3.8, 4) is 17.9 Å². The van der Waals surface area contributed by atoms with E-state index >= 15 is 0 Å².